The van der Waals surface area contributed by atoms with Gasteiger partial charge in [0.05, 0.1) is 10.7 Å². The summed E-state index contributed by atoms with van der Waals surface area (Å²) < 4.78 is 0. The summed E-state index contributed by atoms with van der Waals surface area (Å²) in [7, 11) is 2.11. The Hall–Kier alpha value is -1.51. The van der Waals surface area contributed by atoms with E-state index in [1.165, 1.54) is 11.1 Å². The molecule has 0 heterocycles. The number of halogens is 1. The van der Waals surface area contributed by atoms with E-state index in [1.807, 2.05) is 12.1 Å². The van der Waals surface area contributed by atoms with Crippen molar-refractivity contribution < 1.29 is 0 Å². The molecule has 0 atom stereocenters. The third-order valence-electron chi connectivity index (χ3n) is 3.60. The van der Waals surface area contributed by atoms with Gasteiger partial charge in [-0.15, -0.1) is 0 Å². The molecule has 21 heavy (non-hydrogen) atoms. The summed E-state index contributed by atoms with van der Waals surface area (Å²) in [4.78, 5) is 2.25. The van der Waals surface area contributed by atoms with E-state index in [4.69, 9.17) is 11.6 Å². The largest absolute Gasteiger partial charge is 0.373 e. The number of nitrogens with zero attached hydrogens (tertiary/aromatic N) is 1. The first-order chi connectivity index (χ1) is 10.2. The van der Waals surface area contributed by atoms with Gasteiger partial charge < -0.3 is 10.2 Å². The van der Waals surface area contributed by atoms with Crippen LogP contribution in [0.3, 0.4) is 0 Å². The summed E-state index contributed by atoms with van der Waals surface area (Å²) >= 11 is 6.42. The van der Waals surface area contributed by atoms with E-state index >= 15 is 0 Å². The lowest BCUT2D eigenvalue weighted by atomic mass is 10.1. The van der Waals surface area contributed by atoms with Crippen molar-refractivity contribution in [2.24, 2.45) is 0 Å². The fraction of sp³-hybridized carbons (Fsp3) is 0.333. The van der Waals surface area contributed by atoms with Crippen molar-refractivity contribution in [1.29, 1.82) is 0 Å². The Morgan fingerprint density at radius 1 is 1.05 bits per heavy atom. The Kier molecular flexibility index (Phi) is 6.09. The zero-order valence-electron chi connectivity index (χ0n) is 12.8. The summed E-state index contributed by atoms with van der Waals surface area (Å²) in [5.41, 5.74) is 3.74. The molecular weight excluding hydrogens is 280 g/mol. The van der Waals surface area contributed by atoms with Crippen molar-refractivity contribution in [1.82, 2.24) is 5.32 Å². The van der Waals surface area contributed by atoms with Gasteiger partial charge in [0.15, 0.2) is 0 Å². The lowest BCUT2D eigenvalue weighted by Gasteiger charge is -2.24. The molecule has 112 valence electrons. The quantitative estimate of drug-likeness (QED) is 0.827. The van der Waals surface area contributed by atoms with E-state index in [2.05, 4.69) is 60.6 Å². The van der Waals surface area contributed by atoms with Gasteiger partial charge in [0, 0.05) is 20.1 Å². The highest BCUT2D eigenvalue weighted by atomic mass is 35.5. The molecule has 1 N–H and O–H groups in total. The second kappa shape index (κ2) is 8.06. The predicted octanol–water partition coefficient (Wildman–Crippen LogP) is 4.13. The number of hydrogen-bond acceptors (Lipinski definition) is 2. The van der Waals surface area contributed by atoms with Crippen LogP contribution in [0.4, 0.5) is 5.69 Å². The molecule has 0 saturated carbocycles. The van der Waals surface area contributed by atoms with Crippen LogP contribution in [0.15, 0.2) is 48.5 Å². The molecule has 0 radical (unpaired) electrons. The molecule has 0 amide bonds. The van der Waals surface area contributed by atoms with Crippen LogP contribution in [0, 0.1) is 0 Å². The van der Waals surface area contributed by atoms with E-state index in [0.717, 1.165) is 36.8 Å². The molecule has 2 aromatic rings. The summed E-state index contributed by atoms with van der Waals surface area (Å²) in [5, 5.41) is 4.20. The third kappa shape index (κ3) is 4.48. The van der Waals surface area contributed by atoms with E-state index in [0.29, 0.717) is 0 Å². The van der Waals surface area contributed by atoms with Gasteiger partial charge in [0.25, 0.3) is 0 Å². The third-order valence-corrected chi connectivity index (χ3v) is 3.90. The Balaban J connectivity index is 2.08. The summed E-state index contributed by atoms with van der Waals surface area (Å²) in [5.74, 6) is 0. The summed E-state index contributed by atoms with van der Waals surface area (Å²) in [6.07, 6.45) is 1.02. The minimum absolute atomic E-state index is 0.820. The first kappa shape index (κ1) is 15.9. The fourth-order valence-electron chi connectivity index (χ4n) is 2.44. The van der Waals surface area contributed by atoms with Crippen molar-refractivity contribution in [3.05, 3.63) is 64.7 Å². The van der Waals surface area contributed by atoms with Crippen LogP contribution in [0.25, 0.3) is 0 Å². The molecule has 0 spiro atoms. The number of rotatable bonds is 7. The van der Waals surface area contributed by atoms with Gasteiger partial charge in [0.2, 0.25) is 0 Å². The number of likely N-dealkylation sites (N-methyl/N-ethyl adjacent to an activating group) is 1. The average Bonchev–Trinajstić information content (AvgIpc) is 2.51. The highest BCUT2D eigenvalue weighted by molar-refractivity contribution is 6.33. The molecule has 0 fully saturated rings. The maximum atomic E-state index is 6.42. The van der Waals surface area contributed by atoms with Crippen LogP contribution in [-0.2, 0) is 13.0 Å². The molecule has 0 aliphatic rings. The molecule has 0 unspecified atom stereocenters. The molecule has 0 bridgehead atoms. The molecule has 2 nitrogen and oxygen atoms in total. The van der Waals surface area contributed by atoms with Crippen molar-refractivity contribution in [2.75, 3.05) is 25.0 Å². The minimum atomic E-state index is 0.820. The van der Waals surface area contributed by atoms with Gasteiger partial charge in [-0.3, -0.25) is 0 Å². The zero-order valence-corrected chi connectivity index (χ0v) is 13.5. The fourth-order valence-corrected chi connectivity index (χ4v) is 2.78. The first-order valence-electron chi connectivity index (χ1n) is 7.45. The first-order valence-corrected chi connectivity index (χ1v) is 7.83. The molecule has 0 aliphatic heterocycles. The SMILES string of the molecule is CCNCc1cccc(Cl)c1N(C)CCc1ccccc1. The van der Waals surface area contributed by atoms with Crippen molar-refractivity contribution in [3.8, 4) is 0 Å². The van der Waals surface area contributed by atoms with Crippen LogP contribution < -0.4 is 10.2 Å². The van der Waals surface area contributed by atoms with Gasteiger partial charge in [-0.1, -0.05) is 61.0 Å². The Morgan fingerprint density at radius 2 is 1.81 bits per heavy atom. The average molecular weight is 303 g/mol. The van der Waals surface area contributed by atoms with E-state index < -0.39 is 0 Å². The Morgan fingerprint density at radius 3 is 2.52 bits per heavy atom. The second-order valence-corrected chi connectivity index (χ2v) is 5.59. The van der Waals surface area contributed by atoms with Gasteiger partial charge >= 0.3 is 0 Å². The maximum Gasteiger partial charge on any atom is 0.0642 e. The van der Waals surface area contributed by atoms with Gasteiger partial charge in [0.1, 0.15) is 0 Å². The Labute approximate surface area is 132 Å². The molecule has 0 aromatic heterocycles. The van der Waals surface area contributed by atoms with Gasteiger partial charge in [-0.05, 0) is 30.2 Å². The highest BCUT2D eigenvalue weighted by Crippen LogP contribution is 2.29. The van der Waals surface area contributed by atoms with Crippen LogP contribution >= 0.6 is 11.6 Å². The molecule has 3 heteroatoms. The van der Waals surface area contributed by atoms with Gasteiger partial charge in [-0.2, -0.15) is 0 Å². The number of benzene rings is 2. The topological polar surface area (TPSA) is 15.3 Å². The number of anilines is 1. The monoisotopic (exact) mass is 302 g/mol. The predicted molar refractivity (Wildman–Crippen MR) is 92.2 cm³/mol. The van der Waals surface area contributed by atoms with Crippen LogP contribution in [0.1, 0.15) is 18.1 Å². The maximum absolute atomic E-state index is 6.42. The molecule has 0 saturated heterocycles. The lowest BCUT2D eigenvalue weighted by Crippen LogP contribution is -2.23. The minimum Gasteiger partial charge on any atom is -0.373 e. The van der Waals surface area contributed by atoms with Crippen molar-refractivity contribution in [2.45, 2.75) is 19.9 Å². The van der Waals surface area contributed by atoms with Crippen LogP contribution in [0.2, 0.25) is 5.02 Å². The standard InChI is InChI=1S/C18H23ClN2/c1-3-20-14-16-10-7-11-17(19)18(16)21(2)13-12-15-8-5-4-6-9-15/h4-11,20H,3,12-14H2,1-2H3. The molecule has 0 aliphatic carbocycles. The number of para-hydroxylation sites is 1. The summed E-state index contributed by atoms with van der Waals surface area (Å²) in [6.45, 7) is 4.87. The summed E-state index contributed by atoms with van der Waals surface area (Å²) in [6, 6.07) is 16.7. The lowest BCUT2D eigenvalue weighted by molar-refractivity contribution is 0.723. The number of nitrogens with one attached hydrogen (secondary N) is 1. The zero-order chi connectivity index (χ0) is 15.1. The molecule has 2 aromatic carbocycles. The normalized spacial score (nSPS) is 10.6. The van der Waals surface area contributed by atoms with E-state index in [9.17, 15) is 0 Å². The molecular formula is C18H23ClN2. The smallest absolute Gasteiger partial charge is 0.0642 e. The van der Waals surface area contributed by atoms with Crippen LogP contribution in [-0.4, -0.2) is 20.1 Å². The number of hydrogen-bond donors (Lipinski definition) is 1. The van der Waals surface area contributed by atoms with Crippen LogP contribution in [0.5, 0.6) is 0 Å². The van der Waals surface area contributed by atoms with Crippen molar-refractivity contribution in [3.63, 3.8) is 0 Å². The second-order valence-electron chi connectivity index (χ2n) is 5.19. The molecule has 2 rings (SSSR count). The van der Waals surface area contributed by atoms with E-state index in [-0.39, 0.29) is 0 Å². The van der Waals surface area contributed by atoms with Gasteiger partial charge in [-0.25, -0.2) is 0 Å². The Bertz CT molecular complexity index is 554. The van der Waals surface area contributed by atoms with E-state index in [1.54, 1.807) is 0 Å². The van der Waals surface area contributed by atoms with Crippen molar-refractivity contribution >= 4 is 17.3 Å². The highest BCUT2D eigenvalue weighted by Gasteiger charge is 2.11.